The largest absolute Gasteiger partial charge is 0.302 e. The zero-order chi connectivity index (χ0) is 21.8. The molecule has 3 heterocycles. The van der Waals surface area contributed by atoms with Crippen molar-refractivity contribution in [3.63, 3.8) is 0 Å². The number of carbonyl (C=O) groups is 1. The van der Waals surface area contributed by atoms with Gasteiger partial charge in [-0.05, 0) is 55.5 Å². The summed E-state index contributed by atoms with van der Waals surface area (Å²) in [5.74, 6) is -0.365. The van der Waals surface area contributed by atoms with Gasteiger partial charge in [0, 0.05) is 35.5 Å². The number of anilines is 1. The van der Waals surface area contributed by atoms with Crippen molar-refractivity contribution in [1.29, 1.82) is 0 Å². The van der Waals surface area contributed by atoms with E-state index >= 15 is 0 Å². The molecule has 0 saturated carbocycles. The number of thioether (sulfide) groups is 1. The van der Waals surface area contributed by atoms with Crippen molar-refractivity contribution < 1.29 is 13.2 Å². The van der Waals surface area contributed by atoms with Gasteiger partial charge in [0.1, 0.15) is 5.69 Å². The van der Waals surface area contributed by atoms with E-state index in [1.165, 1.54) is 15.6 Å². The van der Waals surface area contributed by atoms with Gasteiger partial charge in [0.2, 0.25) is 15.9 Å². The first-order chi connectivity index (χ1) is 15.0. The number of piperidine rings is 1. The van der Waals surface area contributed by atoms with Gasteiger partial charge < -0.3 is 5.32 Å². The summed E-state index contributed by atoms with van der Waals surface area (Å²) in [7, 11) is -3.55. The van der Waals surface area contributed by atoms with Gasteiger partial charge in [-0.3, -0.25) is 9.78 Å². The van der Waals surface area contributed by atoms with Crippen LogP contribution in [0.25, 0.3) is 11.4 Å². The zero-order valence-corrected chi connectivity index (χ0v) is 19.3. The minimum Gasteiger partial charge on any atom is -0.302 e. The summed E-state index contributed by atoms with van der Waals surface area (Å²) in [5.41, 5.74) is 1.47. The van der Waals surface area contributed by atoms with Crippen LogP contribution < -0.4 is 5.32 Å². The fourth-order valence-electron chi connectivity index (χ4n) is 3.43. The van der Waals surface area contributed by atoms with Crippen molar-refractivity contribution in [1.82, 2.24) is 14.3 Å². The van der Waals surface area contributed by atoms with Crippen molar-refractivity contribution in [3.8, 4) is 11.4 Å². The molecule has 1 aliphatic rings. The molecular weight excluding hydrogens is 452 g/mol. The maximum atomic E-state index is 12.9. The smallest absolute Gasteiger partial charge is 0.243 e. The van der Waals surface area contributed by atoms with Crippen LogP contribution in [0.3, 0.4) is 0 Å². The Balaban J connectivity index is 1.35. The number of carbonyl (C=O) groups excluding carboxylic acids is 1. The molecule has 1 saturated heterocycles. The number of pyridine rings is 1. The summed E-state index contributed by atoms with van der Waals surface area (Å²) in [6, 6.07) is 12.5. The van der Waals surface area contributed by atoms with Crippen LogP contribution in [0.5, 0.6) is 0 Å². The summed E-state index contributed by atoms with van der Waals surface area (Å²) in [4.78, 5) is 22.7. The number of hydrogen-bond acceptors (Lipinski definition) is 7. The van der Waals surface area contributed by atoms with Crippen molar-refractivity contribution in [2.24, 2.45) is 5.92 Å². The minimum atomic E-state index is -3.55. The van der Waals surface area contributed by atoms with Gasteiger partial charge >= 0.3 is 0 Å². The van der Waals surface area contributed by atoms with E-state index in [1.807, 2.05) is 42.0 Å². The summed E-state index contributed by atoms with van der Waals surface area (Å²) in [6.07, 6.45) is 4.61. The Bertz CT molecular complexity index is 1140. The van der Waals surface area contributed by atoms with Gasteiger partial charge in [-0.2, -0.15) is 4.31 Å². The molecule has 1 fully saturated rings. The van der Waals surface area contributed by atoms with Crippen LogP contribution in [0, 0.1) is 5.92 Å². The fourth-order valence-corrected chi connectivity index (χ4v) is 6.01. The molecule has 162 valence electrons. The summed E-state index contributed by atoms with van der Waals surface area (Å²) in [6.45, 7) is 0.642. The Morgan fingerprint density at radius 1 is 1.13 bits per heavy atom. The number of nitrogens with zero attached hydrogens (tertiary/aromatic N) is 3. The van der Waals surface area contributed by atoms with E-state index in [2.05, 4.69) is 15.3 Å². The molecule has 7 nitrogen and oxygen atoms in total. The number of nitrogens with one attached hydrogen (secondary N) is 1. The lowest BCUT2D eigenvalue weighted by Gasteiger charge is -2.30. The van der Waals surface area contributed by atoms with Crippen LogP contribution in [-0.4, -0.2) is 47.9 Å². The van der Waals surface area contributed by atoms with Crippen LogP contribution in [0.4, 0.5) is 5.13 Å². The average molecular weight is 475 g/mol. The number of aromatic nitrogens is 2. The highest BCUT2D eigenvalue weighted by Gasteiger charge is 2.32. The first kappa shape index (κ1) is 21.9. The number of amides is 1. The highest BCUT2D eigenvalue weighted by atomic mass is 32.2. The van der Waals surface area contributed by atoms with E-state index < -0.39 is 10.0 Å². The predicted octanol–water partition coefficient (Wildman–Crippen LogP) is 3.97. The standard InChI is InChI=1S/C21H22N4O3S3/c1-29-16-5-7-17(8-6-16)31(27,28)25-12-9-15(10-13-25)20(26)24-21-23-19(14-30-21)18-4-2-3-11-22-18/h2-8,11,14-15H,9-10,12-13H2,1H3,(H,23,24,26). The number of thiazole rings is 1. The number of rotatable bonds is 6. The Kier molecular flexibility index (Phi) is 6.71. The number of benzene rings is 1. The molecular formula is C21H22N4O3S3. The van der Waals surface area contributed by atoms with Gasteiger partial charge in [-0.25, -0.2) is 13.4 Å². The van der Waals surface area contributed by atoms with Gasteiger partial charge in [-0.1, -0.05) is 6.07 Å². The molecule has 31 heavy (non-hydrogen) atoms. The van der Waals surface area contributed by atoms with Gasteiger partial charge in [0.05, 0.1) is 10.6 Å². The van der Waals surface area contributed by atoms with Crippen molar-refractivity contribution in [2.75, 3.05) is 24.7 Å². The maximum Gasteiger partial charge on any atom is 0.243 e. The Morgan fingerprint density at radius 2 is 1.87 bits per heavy atom. The Morgan fingerprint density at radius 3 is 2.52 bits per heavy atom. The Labute approximate surface area is 190 Å². The molecule has 1 N–H and O–H groups in total. The van der Waals surface area contributed by atoms with Crippen molar-refractivity contribution >= 4 is 44.2 Å². The summed E-state index contributed by atoms with van der Waals surface area (Å²) >= 11 is 2.92. The highest BCUT2D eigenvalue weighted by molar-refractivity contribution is 7.98. The second kappa shape index (κ2) is 9.47. The van der Waals surface area contributed by atoms with E-state index in [0.717, 1.165) is 10.6 Å². The molecule has 1 amide bonds. The summed E-state index contributed by atoms with van der Waals surface area (Å²) < 4.78 is 27.3. The second-order valence-electron chi connectivity index (χ2n) is 7.10. The Hall–Kier alpha value is -2.27. The topological polar surface area (TPSA) is 92.3 Å². The molecule has 10 heteroatoms. The molecule has 2 aromatic heterocycles. The zero-order valence-electron chi connectivity index (χ0n) is 16.9. The lowest BCUT2D eigenvalue weighted by atomic mass is 9.97. The predicted molar refractivity (Wildman–Crippen MR) is 124 cm³/mol. The summed E-state index contributed by atoms with van der Waals surface area (Å²) in [5, 5.41) is 5.25. The third kappa shape index (κ3) is 4.98. The molecule has 1 aliphatic heterocycles. The van der Waals surface area contributed by atoms with E-state index in [4.69, 9.17) is 0 Å². The molecule has 1 aromatic carbocycles. The number of sulfonamides is 1. The molecule has 3 aromatic rings. The van der Waals surface area contributed by atoms with E-state index in [9.17, 15) is 13.2 Å². The molecule has 0 unspecified atom stereocenters. The van der Waals surface area contributed by atoms with Crippen LogP contribution in [0.15, 0.2) is 63.8 Å². The van der Waals surface area contributed by atoms with Crippen LogP contribution in [0.1, 0.15) is 12.8 Å². The molecule has 0 radical (unpaired) electrons. The van der Waals surface area contributed by atoms with Crippen molar-refractivity contribution in [2.45, 2.75) is 22.6 Å². The molecule has 0 aliphatic carbocycles. The van der Waals surface area contributed by atoms with E-state index in [-0.39, 0.29) is 16.7 Å². The first-order valence-corrected chi connectivity index (χ1v) is 13.3. The first-order valence-electron chi connectivity index (χ1n) is 9.79. The second-order valence-corrected chi connectivity index (χ2v) is 10.8. The lowest BCUT2D eigenvalue weighted by Crippen LogP contribution is -2.41. The highest BCUT2D eigenvalue weighted by Crippen LogP contribution is 2.28. The number of hydrogen-bond donors (Lipinski definition) is 1. The molecule has 4 rings (SSSR count). The maximum absolute atomic E-state index is 12.9. The third-order valence-corrected chi connectivity index (χ3v) is 8.60. The van der Waals surface area contributed by atoms with Crippen LogP contribution in [0.2, 0.25) is 0 Å². The minimum absolute atomic E-state index is 0.122. The van der Waals surface area contributed by atoms with Crippen LogP contribution in [-0.2, 0) is 14.8 Å². The van der Waals surface area contributed by atoms with Gasteiger partial charge in [-0.15, -0.1) is 23.1 Å². The molecule has 0 bridgehead atoms. The van der Waals surface area contributed by atoms with Crippen molar-refractivity contribution in [3.05, 3.63) is 54.0 Å². The third-order valence-electron chi connectivity index (χ3n) is 5.18. The normalized spacial score (nSPS) is 15.6. The molecule has 0 atom stereocenters. The van der Waals surface area contributed by atoms with Gasteiger partial charge in [0.25, 0.3) is 0 Å². The van der Waals surface area contributed by atoms with E-state index in [1.54, 1.807) is 30.1 Å². The van der Waals surface area contributed by atoms with Gasteiger partial charge in [0.15, 0.2) is 5.13 Å². The van der Waals surface area contributed by atoms with E-state index in [0.29, 0.717) is 36.8 Å². The average Bonchev–Trinajstić information content (AvgIpc) is 3.28. The quantitative estimate of drug-likeness (QED) is 0.544. The van der Waals surface area contributed by atoms with Crippen LogP contribution >= 0.6 is 23.1 Å². The SMILES string of the molecule is CSc1ccc(S(=O)(=O)N2CCC(C(=O)Nc3nc(-c4ccccn4)cs3)CC2)cc1. The lowest BCUT2D eigenvalue weighted by molar-refractivity contribution is -0.120. The fraction of sp³-hybridized carbons (Fsp3) is 0.286. The molecule has 0 spiro atoms. The monoisotopic (exact) mass is 474 g/mol.